The molecule has 2 saturated heterocycles. The maximum absolute atomic E-state index is 12.1. The molecule has 0 radical (unpaired) electrons. The Hall–Kier alpha value is -0.650. The Labute approximate surface area is 108 Å². The summed E-state index contributed by atoms with van der Waals surface area (Å²) in [5.41, 5.74) is 5.56. The fourth-order valence-corrected chi connectivity index (χ4v) is 2.66. The van der Waals surface area contributed by atoms with Gasteiger partial charge >= 0.3 is 0 Å². The number of rotatable bonds is 4. The summed E-state index contributed by atoms with van der Waals surface area (Å²) < 4.78 is 10.9. The van der Waals surface area contributed by atoms with Crippen LogP contribution >= 0.6 is 0 Å². The average Bonchev–Trinajstić information content (AvgIpc) is 2.41. The Bertz CT molecular complexity index is 271. The van der Waals surface area contributed by atoms with Crippen LogP contribution in [0, 0.1) is 0 Å². The van der Waals surface area contributed by atoms with E-state index in [0.29, 0.717) is 26.2 Å². The van der Waals surface area contributed by atoms with Crippen LogP contribution in [0.4, 0.5) is 0 Å². The van der Waals surface area contributed by atoms with Crippen molar-refractivity contribution in [2.75, 3.05) is 26.4 Å². The number of nitrogens with two attached hydrogens (primary N) is 1. The van der Waals surface area contributed by atoms with Crippen molar-refractivity contribution >= 4 is 5.91 Å². The van der Waals surface area contributed by atoms with Gasteiger partial charge in [-0.05, 0) is 32.1 Å². The van der Waals surface area contributed by atoms with Crippen molar-refractivity contribution in [2.45, 2.75) is 50.2 Å². The van der Waals surface area contributed by atoms with Crippen LogP contribution in [0.25, 0.3) is 0 Å². The molecule has 1 unspecified atom stereocenters. The van der Waals surface area contributed by atoms with Crippen LogP contribution in [-0.4, -0.2) is 43.9 Å². The van der Waals surface area contributed by atoms with E-state index in [2.05, 4.69) is 5.32 Å². The van der Waals surface area contributed by atoms with E-state index in [9.17, 15) is 4.79 Å². The van der Waals surface area contributed by atoms with Gasteiger partial charge in [0.25, 0.3) is 0 Å². The molecule has 2 rings (SSSR count). The van der Waals surface area contributed by atoms with Crippen LogP contribution in [0.15, 0.2) is 0 Å². The maximum Gasteiger partial charge on any atom is 0.223 e. The number of carbonyl (C=O) groups excluding carboxylic acids is 1. The Morgan fingerprint density at radius 2 is 2.06 bits per heavy atom. The van der Waals surface area contributed by atoms with Gasteiger partial charge in [-0.15, -0.1) is 0 Å². The van der Waals surface area contributed by atoms with Gasteiger partial charge in [-0.2, -0.15) is 0 Å². The minimum Gasteiger partial charge on any atom is -0.381 e. The minimum atomic E-state index is -0.260. The molecule has 1 amide bonds. The summed E-state index contributed by atoms with van der Waals surface area (Å²) in [4.78, 5) is 12.1. The summed E-state index contributed by atoms with van der Waals surface area (Å²) in [7, 11) is 0. The number of hydrogen-bond donors (Lipinski definition) is 2. The summed E-state index contributed by atoms with van der Waals surface area (Å²) in [5, 5.41) is 3.11. The SMILES string of the molecule is NCC1(NC(=O)CC2CCCCO2)CCOCC1. The minimum absolute atomic E-state index is 0.0641. The quantitative estimate of drug-likeness (QED) is 0.771. The predicted octanol–water partition coefficient (Wildman–Crippen LogP) is 0.570. The van der Waals surface area contributed by atoms with E-state index in [1.54, 1.807) is 0 Å². The molecule has 0 spiro atoms. The fraction of sp³-hybridized carbons (Fsp3) is 0.923. The lowest BCUT2D eigenvalue weighted by Gasteiger charge is -2.37. The lowest BCUT2D eigenvalue weighted by Crippen LogP contribution is -2.57. The second-order valence-corrected chi connectivity index (χ2v) is 5.34. The lowest BCUT2D eigenvalue weighted by atomic mass is 9.89. The molecule has 0 saturated carbocycles. The van der Waals surface area contributed by atoms with Gasteiger partial charge in [0.15, 0.2) is 0 Å². The highest BCUT2D eigenvalue weighted by atomic mass is 16.5. The summed E-state index contributed by atoms with van der Waals surface area (Å²) in [6.07, 6.45) is 5.43. The van der Waals surface area contributed by atoms with E-state index in [1.807, 2.05) is 0 Å². The summed E-state index contributed by atoms with van der Waals surface area (Å²) >= 11 is 0. The smallest absolute Gasteiger partial charge is 0.223 e. The summed E-state index contributed by atoms with van der Waals surface area (Å²) in [6.45, 7) is 2.62. The fourth-order valence-electron chi connectivity index (χ4n) is 2.66. The zero-order valence-corrected chi connectivity index (χ0v) is 11.0. The van der Waals surface area contributed by atoms with Crippen molar-refractivity contribution in [1.82, 2.24) is 5.32 Å². The van der Waals surface area contributed by atoms with Gasteiger partial charge < -0.3 is 20.5 Å². The average molecular weight is 256 g/mol. The van der Waals surface area contributed by atoms with Crippen LogP contribution < -0.4 is 11.1 Å². The standard InChI is InChI=1S/C13H24N2O3/c14-10-13(4-7-17-8-5-13)15-12(16)9-11-3-1-2-6-18-11/h11H,1-10,14H2,(H,15,16). The third kappa shape index (κ3) is 3.67. The van der Waals surface area contributed by atoms with Crippen LogP contribution in [0.2, 0.25) is 0 Å². The maximum atomic E-state index is 12.1. The molecule has 0 aromatic carbocycles. The molecule has 2 heterocycles. The van der Waals surface area contributed by atoms with Gasteiger partial charge in [-0.3, -0.25) is 4.79 Å². The number of nitrogens with one attached hydrogen (secondary N) is 1. The van der Waals surface area contributed by atoms with E-state index in [0.717, 1.165) is 38.7 Å². The molecule has 0 aromatic heterocycles. The summed E-state index contributed by atoms with van der Waals surface area (Å²) in [6, 6.07) is 0. The molecule has 2 aliphatic rings. The third-order valence-corrected chi connectivity index (χ3v) is 3.93. The van der Waals surface area contributed by atoms with Gasteiger partial charge in [0.05, 0.1) is 18.1 Å². The first-order valence-electron chi connectivity index (χ1n) is 6.94. The zero-order valence-electron chi connectivity index (χ0n) is 11.0. The van der Waals surface area contributed by atoms with Crippen molar-refractivity contribution in [3.63, 3.8) is 0 Å². The highest BCUT2D eigenvalue weighted by Crippen LogP contribution is 2.21. The van der Waals surface area contributed by atoms with Crippen molar-refractivity contribution in [3.05, 3.63) is 0 Å². The molecule has 5 heteroatoms. The van der Waals surface area contributed by atoms with E-state index in [1.165, 1.54) is 0 Å². The Morgan fingerprint density at radius 3 is 2.67 bits per heavy atom. The second-order valence-electron chi connectivity index (χ2n) is 5.34. The molecule has 0 aromatic rings. The first-order chi connectivity index (χ1) is 8.74. The molecule has 0 bridgehead atoms. The monoisotopic (exact) mass is 256 g/mol. The molecule has 104 valence electrons. The first-order valence-corrected chi connectivity index (χ1v) is 6.94. The number of ether oxygens (including phenoxy) is 2. The van der Waals surface area contributed by atoms with Crippen molar-refractivity contribution in [1.29, 1.82) is 0 Å². The number of amides is 1. The van der Waals surface area contributed by atoms with E-state index >= 15 is 0 Å². The third-order valence-electron chi connectivity index (χ3n) is 3.93. The molecular weight excluding hydrogens is 232 g/mol. The van der Waals surface area contributed by atoms with E-state index in [4.69, 9.17) is 15.2 Å². The largest absolute Gasteiger partial charge is 0.381 e. The van der Waals surface area contributed by atoms with Crippen LogP contribution in [0.5, 0.6) is 0 Å². The Balaban J connectivity index is 1.81. The van der Waals surface area contributed by atoms with Crippen LogP contribution in [0.3, 0.4) is 0 Å². The van der Waals surface area contributed by atoms with Crippen molar-refractivity contribution in [3.8, 4) is 0 Å². The highest BCUT2D eigenvalue weighted by molar-refractivity contribution is 5.77. The molecule has 18 heavy (non-hydrogen) atoms. The van der Waals surface area contributed by atoms with E-state index < -0.39 is 0 Å². The molecule has 2 aliphatic heterocycles. The van der Waals surface area contributed by atoms with Gasteiger partial charge in [0.1, 0.15) is 0 Å². The van der Waals surface area contributed by atoms with Gasteiger partial charge in [0, 0.05) is 26.4 Å². The topological polar surface area (TPSA) is 73.6 Å². The molecule has 5 nitrogen and oxygen atoms in total. The van der Waals surface area contributed by atoms with Crippen molar-refractivity contribution < 1.29 is 14.3 Å². The number of hydrogen-bond acceptors (Lipinski definition) is 4. The van der Waals surface area contributed by atoms with Gasteiger partial charge in [-0.1, -0.05) is 0 Å². The molecule has 0 aliphatic carbocycles. The lowest BCUT2D eigenvalue weighted by molar-refractivity contribution is -0.127. The predicted molar refractivity (Wildman–Crippen MR) is 68.2 cm³/mol. The normalized spacial score (nSPS) is 27.7. The number of carbonyl (C=O) groups is 1. The van der Waals surface area contributed by atoms with E-state index in [-0.39, 0.29) is 17.6 Å². The van der Waals surface area contributed by atoms with Crippen LogP contribution in [-0.2, 0) is 14.3 Å². The zero-order chi connectivity index (χ0) is 12.8. The summed E-state index contributed by atoms with van der Waals surface area (Å²) in [5.74, 6) is 0.0641. The molecule has 3 N–H and O–H groups in total. The van der Waals surface area contributed by atoms with Crippen molar-refractivity contribution in [2.24, 2.45) is 5.73 Å². The van der Waals surface area contributed by atoms with Gasteiger partial charge in [-0.25, -0.2) is 0 Å². The molecular formula is C13H24N2O3. The van der Waals surface area contributed by atoms with Crippen LogP contribution in [0.1, 0.15) is 38.5 Å². The second kappa shape index (κ2) is 6.50. The Kier molecular flexibility index (Phi) is 4.97. The first kappa shape index (κ1) is 13.8. The molecule has 2 fully saturated rings. The Morgan fingerprint density at radius 1 is 1.28 bits per heavy atom. The molecule has 1 atom stereocenters. The van der Waals surface area contributed by atoms with Gasteiger partial charge in [0.2, 0.25) is 5.91 Å². The highest BCUT2D eigenvalue weighted by Gasteiger charge is 2.33.